The van der Waals surface area contributed by atoms with Crippen LogP contribution >= 0.6 is 0 Å². The molecule has 0 spiro atoms. The van der Waals surface area contributed by atoms with Crippen molar-refractivity contribution in [2.24, 2.45) is 5.92 Å². The first-order valence-electron chi connectivity index (χ1n) is 8.98. The Labute approximate surface area is 136 Å². The molecule has 4 nitrogen and oxygen atoms in total. The predicted molar refractivity (Wildman–Crippen MR) is 92.7 cm³/mol. The Morgan fingerprint density at radius 2 is 1.36 bits per heavy atom. The van der Waals surface area contributed by atoms with Gasteiger partial charge in [0.2, 0.25) is 11.8 Å². The predicted octanol–water partition coefficient (Wildman–Crippen LogP) is 3.79. The van der Waals surface area contributed by atoms with Crippen LogP contribution in [-0.2, 0) is 9.59 Å². The van der Waals surface area contributed by atoms with Gasteiger partial charge in [-0.15, -0.1) is 0 Å². The summed E-state index contributed by atoms with van der Waals surface area (Å²) in [5.74, 6) is 1.05. The summed E-state index contributed by atoms with van der Waals surface area (Å²) in [6.45, 7) is 9.14. The molecule has 0 aliphatic carbocycles. The zero-order chi connectivity index (χ0) is 16.8. The van der Waals surface area contributed by atoms with Crippen LogP contribution in [-0.4, -0.2) is 24.4 Å². The van der Waals surface area contributed by atoms with Crippen LogP contribution in [0.5, 0.6) is 0 Å². The normalized spacial score (nSPS) is 11.0. The quantitative estimate of drug-likeness (QED) is 0.508. The summed E-state index contributed by atoms with van der Waals surface area (Å²) in [7, 11) is 0. The Balaban J connectivity index is 3.33. The van der Waals surface area contributed by atoms with Gasteiger partial charge >= 0.3 is 0 Å². The lowest BCUT2D eigenvalue weighted by molar-refractivity contribution is -0.122. The number of hydrogen-bond acceptors (Lipinski definition) is 2. The van der Waals surface area contributed by atoms with E-state index >= 15 is 0 Å². The molecule has 0 saturated carbocycles. The molecule has 0 unspecified atom stereocenters. The highest BCUT2D eigenvalue weighted by molar-refractivity contribution is 5.76. The lowest BCUT2D eigenvalue weighted by Gasteiger charge is -2.08. The molecule has 0 aliphatic rings. The molecule has 2 N–H and O–H groups in total. The first-order chi connectivity index (χ1) is 10.4. The summed E-state index contributed by atoms with van der Waals surface area (Å²) in [5, 5.41) is 5.85. The molecule has 0 saturated heterocycles. The molecule has 4 heteroatoms. The molecule has 130 valence electrons. The molecule has 0 atom stereocenters. The Kier molecular flexibility index (Phi) is 12.9. The van der Waals surface area contributed by atoms with Gasteiger partial charge in [0.1, 0.15) is 0 Å². The molecular weight excluding hydrogens is 276 g/mol. The zero-order valence-corrected chi connectivity index (χ0v) is 15.0. The molecule has 0 aliphatic heterocycles. The topological polar surface area (TPSA) is 58.2 Å². The molecule has 0 heterocycles. The highest BCUT2D eigenvalue weighted by Gasteiger charge is 2.03. The largest absolute Gasteiger partial charge is 0.356 e. The van der Waals surface area contributed by atoms with Gasteiger partial charge in [-0.25, -0.2) is 0 Å². The second-order valence-electron chi connectivity index (χ2n) is 6.88. The smallest absolute Gasteiger partial charge is 0.220 e. The van der Waals surface area contributed by atoms with Crippen molar-refractivity contribution in [2.75, 3.05) is 6.54 Å². The maximum atomic E-state index is 11.6. The van der Waals surface area contributed by atoms with E-state index in [1.165, 1.54) is 12.8 Å². The molecular formula is C18H36N2O2. The summed E-state index contributed by atoms with van der Waals surface area (Å²) >= 11 is 0. The summed E-state index contributed by atoms with van der Waals surface area (Å²) in [4.78, 5) is 23.1. The Morgan fingerprint density at radius 1 is 0.773 bits per heavy atom. The Bertz CT molecular complexity index is 301. The van der Waals surface area contributed by atoms with E-state index in [1.807, 2.05) is 13.8 Å². The molecule has 0 rings (SSSR count). The molecule has 0 fully saturated rings. The van der Waals surface area contributed by atoms with E-state index in [2.05, 4.69) is 24.5 Å². The van der Waals surface area contributed by atoms with E-state index in [9.17, 15) is 9.59 Å². The molecule has 0 aromatic rings. The van der Waals surface area contributed by atoms with Gasteiger partial charge in [0.15, 0.2) is 0 Å². The number of nitrogens with one attached hydrogen (secondary N) is 2. The highest BCUT2D eigenvalue weighted by atomic mass is 16.2. The molecule has 0 aromatic heterocycles. The minimum Gasteiger partial charge on any atom is -0.356 e. The average Bonchev–Trinajstić information content (AvgIpc) is 2.41. The van der Waals surface area contributed by atoms with Crippen LogP contribution in [0.25, 0.3) is 0 Å². The number of unbranched alkanes of at least 4 members (excludes halogenated alkanes) is 4. The lowest BCUT2D eigenvalue weighted by atomic mass is 10.0. The number of hydrogen-bond donors (Lipinski definition) is 2. The van der Waals surface area contributed by atoms with Crippen molar-refractivity contribution in [2.45, 2.75) is 91.5 Å². The number of rotatable bonds is 13. The monoisotopic (exact) mass is 312 g/mol. The maximum absolute atomic E-state index is 11.6. The van der Waals surface area contributed by atoms with Crippen LogP contribution in [0.4, 0.5) is 0 Å². The van der Waals surface area contributed by atoms with Gasteiger partial charge in [0, 0.05) is 25.4 Å². The van der Waals surface area contributed by atoms with Crippen LogP contribution in [0.3, 0.4) is 0 Å². The van der Waals surface area contributed by atoms with Crippen molar-refractivity contribution in [3.05, 3.63) is 0 Å². The SMILES string of the molecule is CC(C)CCCCCC(=O)NCCCCCC(=O)NC(C)C. The van der Waals surface area contributed by atoms with Crippen molar-refractivity contribution in [1.29, 1.82) is 0 Å². The summed E-state index contributed by atoms with van der Waals surface area (Å²) < 4.78 is 0. The summed E-state index contributed by atoms with van der Waals surface area (Å²) in [6.07, 6.45) is 8.69. The van der Waals surface area contributed by atoms with Crippen LogP contribution in [0.15, 0.2) is 0 Å². The molecule has 0 aromatic carbocycles. The third-order valence-electron chi connectivity index (χ3n) is 3.54. The van der Waals surface area contributed by atoms with E-state index in [1.54, 1.807) is 0 Å². The zero-order valence-electron chi connectivity index (χ0n) is 15.0. The minimum atomic E-state index is 0.125. The Hall–Kier alpha value is -1.06. The third kappa shape index (κ3) is 15.3. The van der Waals surface area contributed by atoms with Crippen LogP contribution in [0, 0.1) is 5.92 Å². The van der Waals surface area contributed by atoms with Crippen molar-refractivity contribution >= 4 is 11.8 Å². The standard InChI is InChI=1S/C18H36N2O2/c1-15(2)11-7-5-8-12-17(21)19-14-10-6-9-13-18(22)20-16(3)4/h15-16H,5-14H2,1-4H3,(H,19,21)(H,20,22). The van der Waals surface area contributed by atoms with E-state index in [4.69, 9.17) is 0 Å². The third-order valence-corrected chi connectivity index (χ3v) is 3.54. The first-order valence-corrected chi connectivity index (χ1v) is 8.98. The maximum Gasteiger partial charge on any atom is 0.220 e. The van der Waals surface area contributed by atoms with Crippen molar-refractivity contribution in [1.82, 2.24) is 10.6 Å². The van der Waals surface area contributed by atoms with E-state index < -0.39 is 0 Å². The van der Waals surface area contributed by atoms with E-state index in [0.717, 1.165) is 44.6 Å². The lowest BCUT2D eigenvalue weighted by Crippen LogP contribution is -2.29. The van der Waals surface area contributed by atoms with Gasteiger partial charge in [-0.05, 0) is 39.0 Å². The van der Waals surface area contributed by atoms with Gasteiger partial charge in [0.25, 0.3) is 0 Å². The van der Waals surface area contributed by atoms with Crippen LogP contribution < -0.4 is 10.6 Å². The number of carbonyl (C=O) groups is 2. The highest BCUT2D eigenvalue weighted by Crippen LogP contribution is 2.09. The van der Waals surface area contributed by atoms with Gasteiger partial charge in [0.05, 0.1) is 0 Å². The van der Waals surface area contributed by atoms with E-state index in [-0.39, 0.29) is 17.9 Å². The fraction of sp³-hybridized carbons (Fsp3) is 0.889. The number of carbonyl (C=O) groups excluding carboxylic acids is 2. The summed E-state index contributed by atoms with van der Waals surface area (Å²) in [6, 6.07) is 0.215. The number of amides is 2. The van der Waals surface area contributed by atoms with Crippen molar-refractivity contribution in [3.63, 3.8) is 0 Å². The average molecular weight is 312 g/mol. The second kappa shape index (κ2) is 13.6. The second-order valence-corrected chi connectivity index (χ2v) is 6.88. The molecule has 2 amide bonds. The molecule has 0 bridgehead atoms. The molecule has 22 heavy (non-hydrogen) atoms. The first kappa shape index (κ1) is 20.9. The van der Waals surface area contributed by atoms with Gasteiger partial charge in [-0.2, -0.15) is 0 Å². The minimum absolute atomic E-state index is 0.125. The van der Waals surface area contributed by atoms with Crippen LogP contribution in [0.2, 0.25) is 0 Å². The molecule has 0 radical (unpaired) electrons. The van der Waals surface area contributed by atoms with Gasteiger partial charge in [-0.1, -0.05) is 39.5 Å². The van der Waals surface area contributed by atoms with Gasteiger partial charge < -0.3 is 10.6 Å². The fourth-order valence-electron chi connectivity index (χ4n) is 2.31. The van der Waals surface area contributed by atoms with Crippen molar-refractivity contribution < 1.29 is 9.59 Å². The van der Waals surface area contributed by atoms with Crippen molar-refractivity contribution in [3.8, 4) is 0 Å². The van der Waals surface area contributed by atoms with E-state index in [0.29, 0.717) is 12.8 Å². The fourth-order valence-corrected chi connectivity index (χ4v) is 2.31. The Morgan fingerprint density at radius 3 is 1.95 bits per heavy atom. The van der Waals surface area contributed by atoms with Crippen LogP contribution in [0.1, 0.15) is 85.5 Å². The van der Waals surface area contributed by atoms with Gasteiger partial charge in [-0.3, -0.25) is 9.59 Å². The summed E-state index contributed by atoms with van der Waals surface area (Å²) in [5.41, 5.74) is 0.